The van der Waals surface area contributed by atoms with Crippen LogP contribution in [0.5, 0.6) is 11.5 Å². The van der Waals surface area contributed by atoms with E-state index in [1.54, 1.807) is 18.2 Å². The van der Waals surface area contributed by atoms with Gasteiger partial charge in [0.2, 0.25) is 12.7 Å². The fraction of sp³-hybridized carbons (Fsp3) is 0.0714. The monoisotopic (exact) mass is 303 g/mol. The van der Waals surface area contributed by atoms with Crippen molar-refractivity contribution in [1.82, 2.24) is 9.97 Å². The molecule has 0 fully saturated rings. The number of amides is 1. The van der Waals surface area contributed by atoms with Crippen LogP contribution in [0.4, 0.5) is 5.82 Å². The number of benzene rings is 1. The third-order valence-electron chi connectivity index (χ3n) is 2.72. The average Bonchev–Trinajstić information content (AvgIpc) is 2.95. The summed E-state index contributed by atoms with van der Waals surface area (Å²) >= 11 is 5.81. The first-order chi connectivity index (χ1) is 10.2. The Bertz CT molecular complexity index is 718. The Kier molecular flexibility index (Phi) is 3.70. The molecule has 0 radical (unpaired) electrons. The molecule has 6 nitrogen and oxygen atoms in total. The number of carbonyl (C=O) groups excluding carboxylic acids is 1. The molecule has 1 aliphatic rings. The predicted molar refractivity (Wildman–Crippen MR) is 77.3 cm³/mol. The molecular formula is C14H10ClN3O3. The van der Waals surface area contributed by atoms with E-state index in [-0.39, 0.29) is 23.7 Å². The highest BCUT2D eigenvalue weighted by atomic mass is 35.5. The predicted octanol–water partition coefficient (Wildman–Crippen LogP) is 2.51. The highest BCUT2D eigenvalue weighted by Crippen LogP contribution is 2.32. The molecule has 1 N–H and O–H groups in total. The Morgan fingerprint density at radius 2 is 2.05 bits per heavy atom. The normalized spacial score (nSPS) is 12.6. The summed E-state index contributed by atoms with van der Waals surface area (Å²) in [5, 5.41) is 2.69. The van der Waals surface area contributed by atoms with E-state index in [1.165, 1.54) is 18.5 Å². The number of hydrogen-bond acceptors (Lipinski definition) is 5. The van der Waals surface area contributed by atoms with Crippen LogP contribution in [0.25, 0.3) is 6.08 Å². The number of nitrogens with one attached hydrogen (secondary N) is 1. The van der Waals surface area contributed by atoms with E-state index in [1.807, 2.05) is 6.07 Å². The quantitative estimate of drug-likeness (QED) is 0.882. The molecule has 1 amide bonds. The number of anilines is 1. The molecule has 7 heteroatoms. The molecule has 106 valence electrons. The minimum absolute atomic E-state index is 0.141. The number of hydrogen-bond donors (Lipinski definition) is 1. The topological polar surface area (TPSA) is 73.3 Å². The first kappa shape index (κ1) is 13.4. The van der Waals surface area contributed by atoms with Crippen LogP contribution in [0.2, 0.25) is 5.15 Å². The zero-order valence-electron chi connectivity index (χ0n) is 10.7. The van der Waals surface area contributed by atoms with Crippen LogP contribution in [-0.4, -0.2) is 22.7 Å². The SMILES string of the molecule is O=C(/C=C/c1ccc2c(c1)OCO2)Nc1nccnc1Cl. The van der Waals surface area contributed by atoms with Gasteiger partial charge in [-0.2, -0.15) is 0 Å². The molecule has 21 heavy (non-hydrogen) atoms. The zero-order valence-corrected chi connectivity index (χ0v) is 11.5. The fourth-order valence-electron chi connectivity index (χ4n) is 1.75. The van der Waals surface area contributed by atoms with E-state index in [0.29, 0.717) is 11.5 Å². The largest absolute Gasteiger partial charge is 0.454 e. The van der Waals surface area contributed by atoms with Gasteiger partial charge in [-0.15, -0.1) is 0 Å². The summed E-state index contributed by atoms with van der Waals surface area (Å²) in [6, 6.07) is 5.41. The third-order valence-corrected chi connectivity index (χ3v) is 3.00. The van der Waals surface area contributed by atoms with Crippen molar-refractivity contribution in [3.8, 4) is 11.5 Å². The van der Waals surface area contributed by atoms with Gasteiger partial charge in [-0.3, -0.25) is 4.79 Å². The van der Waals surface area contributed by atoms with Crippen LogP contribution < -0.4 is 14.8 Å². The molecule has 1 aromatic carbocycles. The summed E-state index contributed by atoms with van der Waals surface area (Å²) in [4.78, 5) is 19.5. The van der Waals surface area contributed by atoms with E-state index in [0.717, 1.165) is 5.56 Å². The Hall–Kier alpha value is -2.60. The molecule has 0 spiro atoms. The molecule has 2 aromatic rings. The number of halogens is 1. The first-order valence-corrected chi connectivity index (χ1v) is 6.45. The number of fused-ring (bicyclic) bond motifs is 1. The third kappa shape index (κ3) is 3.11. The van der Waals surface area contributed by atoms with Gasteiger partial charge in [-0.05, 0) is 23.8 Å². The molecule has 2 heterocycles. The van der Waals surface area contributed by atoms with Crippen LogP contribution in [-0.2, 0) is 4.79 Å². The summed E-state index contributed by atoms with van der Waals surface area (Å²) in [5.41, 5.74) is 0.819. The Morgan fingerprint density at radius 1 is 1.24 bits per heavy atom. The Labute approximate surface area is 125 Å². The van der Waals surface area contributed by atoms with Crippen molar-refractivity contribution in [2.75, 3.05) is 12.1 Å². The number of aromatic nitrogens is 2. The second kappa shape index (κ2) is 5.80. The second-order valence-electron chi connectivity index (χ2n) is 4.13. The van der Waals surface area contributed by atoms with Crippen molar-refractivity contribution in [1.29, 1.82) is 0 Å². The van der Waals surface area contributed by atoms with Crippen molar-refractivity contribution in [3.05, 3.63) is 47.4 Å². The summed E-state index contributed by atoms with van der Waals surface area (Å²) in [6.07, 6.45) is 5.92. The summed E-state index contributed by atoms with van der Waals surface area (Å²) in [6.45, 7) is 0.216. The number of ether oxygens (including phenoxy) is 2. The minimum Gasteiger partial charge on any atom is -0.454 e. The lowest BCUT2D eigenvalue weighted by Crippen LogP contribution is -2.09. The summed E-state index contributed by atoms with van der Waals surface area (Å²) in [5.74, 6) is 1.23. The average molecular weight is 304 g/mol. The maximum absolute atomic E-state index is 11.8. The molecule has 3 rings (SSSR count). The molecule has 1 aromatic heterocycles. The van der Waals surface area contributed by atoms with Crippen LogP contribution in [0, 0.1) is 0 Å². The van der Waals surface area contributed by atoms with Gasteiger partial charge in [0.05, 0.1) is 0 Å². The summed E-state index contributed by atoms with van der Waals surface area (Å²) in [7, 11) is 0. The second-order valence-corrected chi connectivity index (χ2v) is 4.49. The molecule has 1 aliphatic heterocycles. The van der Waals surface area contributed by atoms with E-state index < -0.39 is 0 Å². The smallest absolute Gasteiger partial charge is 0.249 e. The number of carbonyl (C=O) groups is 1. The van der Waals surface area contributed by atoms with E-state index in [9.17, 15) is 4.79 Å². The number of nitrogens with zero attached hydrogens (tertiary/aromatic N) is 2. The molecule has 0 aliphatic carbocycles. The highest BCUT2D eigenvalue weighted by molar-refractivity contribution is 6.32. The van der Waals surface area contributed by atoms with Gasteiger partial charge in [-0.1, -0.05) is 17.7 Å². The Morgan fingerprint density at radius 3 is 2.90 bits per heavy atom. The maximum Gasteiger partial charge on any atom is 0.249 e. The standard InChI is InChI=1S/C14H10ClN3O3/c15-13-14(17-6-5-16-13)18-12(19)4-2-9-1-3-10-11(7-9)21-8-20-10/h1-7H,8H2,(H,17,18,19)/b4-2+. The van der Waals surface area contributed by atoms with Gasteiger partial charge >= 0.3 is 0 Å². The first-order valence-electron chi connectivity index (χ1n) is 6.07. The molecule has 0 atom stereocenters. The van der Waals surface area contributed by atoms with Crippen LogP contribution in [0.1, 0.15) is 5.56 Å². The summed E-state index contributed by atoms with van der Waals surface area (Å²) < 4.78 is 10.5. The highest BCUT2D eigenvalue weighted by Gasteiger charge is 2.12. The number of rotatable bonds is 3. The van der Waals surface area contributed by atoms with Gasteiger partial charge in [0.15, 0.2) is 22.5 Å². The lowest BCUT2D eigenvalue weighted by Gasteiger charge is -2.02. The van der Waals surface area contributed by atoms with Crippen LogP contribution in [0.3, 0.4) is 0 Å². The van der Waals surface area contributed by atoms with E-state index >= 15 is 0 Å². The van der Waals surface area contributed by atoms with Crippen molar-refractivity contribution in [2.24, 2.45) is 0 Å². The van der Waals surface area contributed by atoms with Gasteiger partial charge in [-0.25, -0.2) is 9.97 Å². The van der Waals surface area contributed by atoms with Crippen molar-refractivity contribution in [2.45, 2.75) is 0 Å². The van der Waals surface area contributed by atoms with Gasteiger partial charge in [0, 0.05) is 18.5 Å². The molecular weight excluding hydrogens is 294 g/mol. The van der Waals surface area contributed by atoms with Gasteiger partial charge in [0.25, 0.3) is 0 Å². The van der Waals surface area contributed by atoms with Crippen molar-refractivity contribution >= 4 is 29.4 Å². The zero-order chi connectivity index (χ0) is 14.7. The van der Waals surface area contributed by atoms with E-state index in [4.69, 9.17) is 21.1 Å². The van der Waals surface area contributed by atoms with Crippen LogP contribution >= 0.6 is 11.6 Å². The molecule has 0 saturated heterocycles. The molecule has 0 bridgehead atoms. The molecule has 0 saturated carbocycles. The lowest BCUT2D eigenvalue weighted by molar-refractivity contribution is -0.111. The maximum atomic E-state index is 11.8. The van der Waals surface area contributed by atoms with Crippen LogP contribution in [0.15, 0.2) is 36.7 Å². The fourth-order valence-corrected chi connectivity index (χ4v) is 1.90. The molecule has 0 unspecified atom stereocenters. The van der Waals surface area contributed by atoms with Gasteiger partial charge in [0.1, 0.15) is 0 Å². The van der Waals surface area contributed by atoms with E-state index in [2.05, 4.69) is 15.3 Å². The Balaban J connectivity index is 1.68. The lowest BCUT2D eigenvalue weighted by atomic mass is 10.2. The van der Waals surface area contributed by atoms with Crippen molar-refractivity contribution in [3.63, 3.8) is 0 Å². The minimum atomic E-state index is -0.352. The van der Waals surface area contributed by atoms with Crippen molar-refractivity contribution < 1.29 is 14.3 Å². The van der Waals surface area contributed by atoms with Gasteiger partial charge < -0.3 is 14.8 Å².